The first-order valence-electron chi connectivity index (χ1n) is 9.17. The van der Waals surface area contributed by atoms with Crippen molar-refractivity contribution in [3.63, 3.8) is 0 Å². The first kappa shape index (κ1) is 20.0. The Morgan fingerprint density at radius 2 is 1.74 bits per heavy atom. The van der Waals surface area contributed by atoms with Crippen molar-refractivity contribution in [1.82, 2.24) is 20.2 Å². The second-order valence-corrected chi connectivity index (χ2v) is 8.99. The molecule has 154 valence electrons. The molecule has 6 nitrogen and oxygen atoms in total. The molecule has 0 radical (unpaired) electrons. The molecule has 0 aliphatic carbocycles. The lowest BCUT2D eigenvalue weighted by Crippen LogP contribution is -2.30. The fourth-order valence-electron chi connectivity index (χ4n) is 3.23. The maximum Gasteiger partial charge on any atom is 0.242 e. The Morgan fingerprint density at radius 1 is 1.00 bits per heavy atom. The Kier molecular flexibility index (Phi) is 5.39. The molecule has 1 aromatic heterocycles. The topological polar surface area (TPSA) is 63.9 Å². The molecule has 1 amide bonds. The quantitative estimate of drug-likeness (QED) is 0.374. The fraction of sp³-hybridized carbons (Fsp3) is 0.0476. The van der Waals surface area contributed by atoms with E-state index in [1.165, 1.54) is 10.7 Å². The fourth-order valence-corrected chi connectivity index (χ4v) is 5.17. The van der Waals surface area contributed by atoms with Crippen LogP contribution in [0.5, 0.6) is 0 Å². The molecule has 1 aliphatic rings. The van der Waals surface area contributed by atoms with Gasteiger partial charge in [0.15, 0.2) is 0 Å². The number of aromatic nitrogens is 4. The van der Waals surface area contributed by atoms with E-state index in [9.17, 15) is 9.18 Å². The van der Waals surface area contributed by atoms with Crippen molar-refractivity contribution in [3.8, 4) is 5.69 Å². The predicted octanol–water partition coefficient (Wildman–Crippen LogP) is 5.38. The molecule has 2 heterocycles. The molecular formula is C21H13ClFN5OS2. The van der Waals surface area contributed by atoms with Gasteiger partial charge in [-0.3, -0.25) is 9.69 Å². The average molecular weight is 470 g/mol. The lowest BCUT2D eigenvalue weighted by atomic mass is 10.2. The number of para-hydroxylation sites is 2. The number of hydrogen-bond acceptors (Lipinski definition) is 6. The number of fused-ring (bicyclic) bond motifs is 2. The standard InChI is InChI=1S/C21H13ClFN5OS2/c22-13-9-10-19-17(11-13)27(16-7-3-4-8-18(16)31-19)20(29)12-30-21-24-25-26-28(21)15-6-2-1-5-14(15)23/h1-11H,12H2. The van der Waals surface area contributed by atoms with Gasteiger partial charge in [0.05, 0.1) is 17.1 Å². The van der Waals surface area contributed by atoms with E-state index in [0.717, 1.165) is 32.9 Å². The van der Waals surface area contributed by atoms with Gasteiger partial charge in [-0.25, -0.2) is 4.39 Å². The van der Waals surface area contributed by atoms with Crippen LogP contribution in [-0.2, 0) is 4.79 Å². The monoisotopic (exact) mass is 469 g/mol. The average Bonchev–Trinajstić information content (AvgIpc) is 3.24. The second kappa shape index (κ2) is 8.33. The lowest BCUT2D eigenvalue weighted by Gasteiger charge is -2.31. The number of tetrazole rings is 1. The molecule has 4 aromatic rings. The van der Waals surface area contributed by atoms with Gasteiger partial charge >= 0.3 is 0 Å². The number of carbonyl (C=O) groups excluding carboxylic acids is 1. The van der Waals surface area contributed by atoms with E-state index >= 15 is 0 Å². The van der Waals surface area contributed by atoms with Crippen LogP contribution in [-0.4, -0.2) is 31.9 Å². The van der Waals surface area contributed by atoms with Gasteiger partial charge in [0.25, 0.3) is 0 Å². The van der Waals surface area contributed by atoms with E-state index in [0.29, 0.717) is 10.2 Å². The number of anilines is 2. The van der Waals surface area contributed by atoms with Crippen molar-refractivity contribution in [3.05, 3.63) is 77.6 Å². The first-order chi connectivity index (χ1) is 15.1. The van der Waals surface area contributed by atoms with Crippen LogP contribution in [0.4, 0.5) is 15.8 Å². The number of amides is 1. The van der Waals surface area contributed by atoms with Crippen molar-refractivity contribution in [2.45, 2.75) is 14.9 Å². The molecule has 0 saturated heterocycles. The number of halogens is 2. The van der Waals surface area contributed by atoms with Crippen LogP contribution in [0.15, 0.2) is 81.7 Å². The zero-order valence-electron chi connectivity index (χ0n) is 15.8. The van der Waals surface area contributed by atoms with Gasteiger partial charge < -0.3 is 0 Å². The van der Waals surface area contributed by atoms with Crippen LogP contribution >= 0.6 is 35.1 Å². The van der Waals surface area contributed by atoms with Crippen molar-refractivity contribution in [1.29, 1.82) is 0 Å². The summed E-state index contributed by atoms with van der Waals surface area (Å²) < 4.78 is 15.5. The Morgan fingerprint density at radius 3 is 2.58 bits per heavy atom. The van der Waals surface area contributed by atoms with Gasteiger partial charge in [-0.1, -0.05) is 59.4 Å². The van der Waals surface area contributed by atoms with Crippen LogP contribution in [0.3, 0.4) is 0 Å². The van der Waals surface area contributed by atoms with E-state index in [2.05, 4.69) is 15.5 Å². The summed E-state index contributed by atoms with van der Waals surface area (Å²) in [5.41, 5.74) is 1.75. The van der Waals surface area contributed by atoms with Crippen molar-refractivity contribution in [2.24, 2.45) is 0 Å². The minimum Gasteiger partial charge on any atom is -0.278 e. The third kappa shape index (κ3) is 3.80. The molecule has 3 aromatic carbocycles. The molecule has 0 fully saturated rings. The summed E-state index contributed by atoms with van der Waals surface area (Å²) in [6.45, 7) is 0. The Hall–Kier alpha value is -2.88. The van der Waals surface area contributed by atoms with Crippen LogP contribution in [0, 0.1) is 5.82 Å². The highest BCUT2D eigenvalue weighted by Crippen LogP contribution is 2.49. The third-order valence-corrected chi connectivity index (χ3v) is 6.85. The van der Waals surface area contributed by atoms with Crippen LogP contribution in [0.2, 0.25) is 5.02 Å². The summed E-state index contributed by atoms with van der Waals surface area (Å²) >= 11 is 8.95. The Bertz CT molecular complexity index is 1300. The van der Waals surface area contributed by atoms with Gasteiger partial charge in [0, 0.05) is 14.8 Å². The summed E-state index contributed by atoms with van der Waals surface area (Å²) in [4.78, 5) is 16.9. The van der Waals surface area contributed by atoms with Crippen molar-refractivity contribution < 1.29 is 9.18 Å². The summed E-state index contributed by atoms with van der Waals surface area (Å²) in [6, 6.07) is 19.4. The maximum absolute atomic E-state index is 14.2. The lowest BCUT2D eigenvalue weighted by molar-refractivity contribution is -0.115. The zero-order valence-corrected chi connectivity index (χ0v) is 18.2. The molecular weight excluding hydrogens is 457 g/mol. The highest BCUT2D eigenvalue weighted by atomic mass is 35.5. The number of nitrogens with zero attached hydrogens (tertiary/aromatic N) is 5. The normalized spacial score (nSPS) is 12.4. The Labute approximate surface area is 190 Å². The maximum atomic E-state index is 14.2. The molecule has 31 heavy (non-hydrogen) atoms. The molecule has 0 N–H and O–H groups in total. The molecule has 0 atom stereocenters. The molecule has 0 bridgehead atoms. The molecule has 1 aliphatic heterocycles. The van der Waals surface area contributed by atoms with Gasteiger partial charge in [-0.05, 0) is 52.9 Å². The van der Waals surface area contributed by atoms with Crippen molar-refractivity contribution >= 4 is 52.4 Å². The number of carbonyl (C=O) groups is 1. The van der Waals surface area contributed by atoms with Gasteiger partial charge in [0.1, 0.15) is 11.5 Å². The smallest absolute Gasteiger partial charge is 0.242 e. The highest BCUT2D eigenvalue weighted by Gasteiger charge is 2.29. The zero-order chi connectivity index (χ0) is 21.4. The van der Waals surface area contributed by atoms with E-state index < -0.39 is 5.82 Å². The molecule has 0 unspecified atom stereocenters. The summed E-state index contributed by atoms with van der Waals surface area (Å²) in [6.07, 6.45) is 0. The number of hydrogen-bond donors (Lipinski definition) is 0. The number of benzene rings is 3. The van der Waals surface area contributed by atoms with Gasteiger partial charge in [-0.15, -0.1) is 5.10 Å². The molecule has 0 spiro atoms. The van der Waals surface area contributed by atoms with E-state index in [1.807, 2.05) is 30.3 Å². The van der Waals surface area contributed by atoms with Crippen LogP contribution in [0.25, 0.3) is 5.69 Å². The van der Waals surface area contributed by atoms with E-state index in [-0.39, 0.29) is 17.3 Å². The summed E-state index contributed by atoms with van der Waals surface area (Å²) in [5.74, 6) is -0.558. The van der Waals surface area contributed by atoms with Crippen LogP contribution in [0.1, 0.15) is 0 Å². The van der Waals surface area contributed by atoms with Gasteiger partial charge in [-0.2, -0.15) is 4.68 Å². The predicted molar refractivity (Wildman–Crippen MR) is 119 cm³/mol. The number of thioether (sulfide) groups is 1. The SMILES string of the molecule is O=C(CSc1nnnn1-c1ccccc1F)N1c2ccccc2Sc2ccc(Cl)cc21. The largest absolute Gasteiger partial charge is 0.278 e. The molecule has 5 rings (SSSR count). The Balaban J connectivity index is 1.45. The molecule has 10 heteroatoms. The highest BCUT2D eigenvalue weighted by molar-refractivity contribution is 8.00. The van der Waals surface area contributed by atoms with Crippen LogP contribution < -0.4 is 4.90 Å². The third-order valence-electron chi connectivity index (χ3n) is 4.58. The van der Waals surface area contributed by atoms with Crippen molar-refractivity contribution in [2.75, 3.05) is 10.7 Å². The summed E-state index contributed by atoms with van der Waals surface area (Å²) in [5, 5.41) is 12.3. The first-order valence-corrected chi connectivity index (χ1v) is 11.4. The summed E-state index contributed by atoms with van der Waals surface area (Å²) in [7, 11) is 0. The van der Waals surface area contributed by atoms with E-state index in [1.54, 1.807) is 47.0 Å². The molecule has 0 saturated carbocycles. The minimum absolute atomic E-state index is 0.0553. The number of rotatable bonds is 4. The van der Waals surface area contributed by atoms with E-state index in [4.69, 9.17) is 11.6 Å². The minimum atomic E-state index is -0.450. The second-order valence-electron chi connectivity index (χ2n) is 6.52. The van der Waals surface area contributed by atoms with Gasteiger partial charge in [0.2, 0.25) is 11.1 Å².